The van der Waals surface area contributed by atoms with Crippen LogP contribution in [0.4, 0.5) is 5.82 Å². The number of hydrogen-bond acceptors (Lipinski definition) is 4. The number of hydrogen-bond donors (Lipinski definition) is 2. The van der Waals surface area contributed by atoms with Gasteiger partial charge in [0.25, 0.3) is 15.6 Å². The maximum Gasteiger partial charge on any atom is 0.264 e. The molecule has 9 heteroatoms. The van der Waals surface area contributed by atoms with Crippen molar-refractivity contribution in [3.05, 3.63) is 49.1 Å². The highest BCUT2D eigenvalue weighted by Crippen LogP contribution is 2.29. The van der Waals surface area contributed by atoms with Crippen LogP contribution in [-0.2, 0) is 10.0 Å². The largest absolute Gasteiger partial charge is 0.268 e. The molecule has 20 heavy (non-hydrogen) atoms. The van der Waals surface area contributed by atoms with Gasteiger partial charge in [0, 0.05) is 15.0 Å². The van der Waals surface area contributed by atoms with E-state index in [0.29, 0.717) is 8.95 Å². The third-order valence-electron chi connectivity index (χ3n) is 2.42. The van der Waals surface area contributed by atoms with E-state index in [2.05, 4.69) is 46.8 Å². The molecule has 0 unspecified atom stereocenters. The van der Waals surface area contributed by atoms with Crippen LogP contribution in [0.2, 0.25) is 0 Å². The van der Waals surface area contributed by atoms with Crippen LogP contribution >= 0.6 is 31.9 Å². The number of halogens is 2. The smallest absolute Gasteiger partial charge is 0.264 e. The zero-order chi connectivity index (χ0) is 14.9. The minimum Gasteiger partial charge on any atom is -0.268 e. The van der Waals surface area contributed by atoms with Gasteiger partial charge < -0.3 is 0 Å². The molecule has 0 radical (unpaired) electrons. The molecule has 0 saturated carbocycles. The average molecular weight is 423 g/mol. The minimum absolute atomic E-state index is 0.0354. The van der Waals surface area contributed by atoms with Crippen molar-refractivity contribution in [3.63, 3.8) is 0 Å². The Kier molecular flexibility index (Phi) is 4.31. The van der Waals surface area contributed by atoms with Crippen LogP contribution in [0.5, 0.6) is 0 Å². The topological polar surface area (TPSA) is 91.9 Å². The summed E-state index contributed by atoms with van der Waals surface area (Å²) in [6, 6.07) is 5.66. The van der Waals surface area contributed by atoms with Gasteiger partial charge >= 0.3 is 0 Å². The van der Waals surface area contributed by atoms with Gasteiger partial charge in [-0.2, -0.15) is 5.10 Å². The van der Waals surface area contributed by atoms with Gasteiger partial charge in [-0.1, -0.05) is 15.9 Å². The predicted molar refractivity (Wildman–Crippen MR) is 82.2 cm³/mol. The second-order valence-corrected chi connectivity index (χ2v) is 7.30. The zero-order valence-electron chi connectivity index (χ0n) is 10.1. The lowest BCUT2D eigenvalue weighted by Gasteiger charge is -2.10. The molecular weight excluding hydrogens is 414 g/mol. The Morgan fingerprint density at radius 3 is 2.50 bits per heavy atom. The molecule has 1 aromatic carbocycles. The van der Waals surface area contributed by atoms with Crippen LogP contribution in [-0.4, -0.2) is 18.6 Å². The second-order valence-electron chi connectivity index (χ2n) is 3.94. The van der Waals surface area contributed by atoms with E-state index in [0.717, 1.165) is 5.56 Å². The summed E-state index contributed by atoms with van der Waals surface area (Å²) < 4.78 is 28.0. The van der Waals surface area contributed by atoms with Gasteiger partial charge in [0.2, 0.25) is 0 Å². The van der Waals surface area contributed by atoms with Crippen LogP contribution in [0.15, 0.2) is 42.9 Å². The summed E-state index contributed by atoms with van der Waals surface area (Å²) in [5, 5.41) is 5.76. The highest BCUT2D eigenvalue weighted by molar-refractivity contribution is 9.11. The molecule has 2 rings (SSSR count). The quantitative estimate of drug-likeness (QED) is 0.794. The van der Waals surface area contributed by atoms with E-state index in [1.54, 1.807) is 6.07 Å². The molecule has 0 fully saturated rings. The Balaban J connectivity index is 2.43. The molecule has 0 aliphatic carbocycles. The van der Waals surface area contributed by atoms with Crippen molar-refractivity contribution in [3.8, 4) is 0 Å². The van der Waals surface area contributed by atoms with Gasteiger partial charge in [-0.25, -0.2) is 13.5 Å². The highest BCUT2D eigenvalue weighted by Gasteiger charge is 2.19. The van der Waals surface area contributed by atoms with Crippen LogP contribution < -0.4 is 10.3 Å². The summed E-state index contributed by atoms with van der Waals surface area (Å²) in [4.78, 5) is 11.0. The van der Waals surface area contributed by atoms with Gasteiger partial charge in [-0.15, -0.1) is 0 Å². The van der Waals surface area contributed by atoms with Crippen molar-refractivity contribution in [2.24, 2.45) is 0 Å². The van der Waals surface area contributed by atoms with Crippen LogP contribution in [0.1, 0.15) is 5.56 Å². The van der Waals surface area contributed by atoms with E-state index in [9.17, 15) is 13.2 Å². The first-order valence-electron chi connectivity index (χ1n) is 5.34. The predicted octanol–water partition coefficient (Wildman–Crippen LogP) is 2.40. The maximum atomic E-state index is 12.3. The van der Waals surface area contributed by atoms with E-state index < -0.39 is 15.6 Å². The van der Waals surface area contributed by atoms with Crippen molar-refractivity contribution in [1.29, 1.82) is 0 Å². The number of nitrogens with one attached hydrogen (secondary N) is 2. The van der Waals surface area contributed by atoms with Crippen molar-refractivity contribution in [2.45, 2.75) is 11.8 Å². The molecule has 6 nitrogen and oxygen atoms in total. The third kappa shape index (κ3) is 3.28. The first-order valence-corrected chi connectivity index (χ1v) is 8.41. The third-order valence-corrected chi connectivity index (χ3v) is 5.59. The normalized spacial score (nSPS) is 11.3. The van der Waals surface area contributed by atoms with Crippen LogP contribution in [0, 0.1) is 6.92 Å². The first kappa shape index (κ1) is 15.2. The van der Waals surface area contributed by atoms with Crippen molar-refractivity contribution < 1.29 is 8.42 Å². The molecule has 0 saturated heterocycles. The molecular formula is C11H9Br2N3O3S. The number of rotatable bonds is 3. The van der Waals surface area contributed by atoms with Gasteiger partial charge in [0.05, 0.1) is 0 Å². The molecule has 2 N–H and O–H groups in total. The summed E-state index contributed by atoms with van der Waals surface area (Å²) in [7, 11) is -3.81. The van der Waals surface area contributed by atoms with E-state index >= 15 is 0 Å². The Morgan fingerprint density at radius 2 is 1.90 bits per heavy atom. The Bertz CT molecular complexity index is 798. The van der Waals surface area contributed by atoms with Crippen molar-refractivity contribution in [2.75, 3.05) is 4.72 Å². The number of sulfonamides is 1. The lowest BCUT2D eigenvalue weighted by molar-refractivity contribution is 0.600. The Labute approximate surface area is 131 Å². The number of nitrogens with zero attached hydrogens (tertiary/aromatic N) is 1. The molecule has 0 amide bonds. The molecule has 1 aromatic heterocycles. The summed E-state index contributed by atoms with van der Waals surface area (Å²) in [6.45, 7) is 1.85. The van der Waals surface area contributed by atoms with E-state index in [-0.39, 0.29) is 10.7 Å². The standard InChI is InChI=1S/C11H9Br2N3O3S/c1-6-4-8(13)9(5-7(6)12)20(18,19)16-10-2-3-11(17)15-14-10/h2-5H,1H3,(H,14,16)(H,15,17). The van der Waals surface area contributed by atoms with Gasteiger partial charge in [-0.3, -0.25) is 9.52 Å². The van der Waals surface area contributed by atoms with Gasteiger partial charge in [-0.05, 0) is 46.6 Å². The fourth-order valence-corrected chi connectivity index (χ4v) is 4.11. The first-order chi connectivity index (χ1) is 9.29. The Hall–Kier alpha value is -1.19. The summed E-state index contributed by atoms with van der Waals surface area (Å²) in [6.07, 6.45) is 0. The number of H-pyrrole nitrogens is 1. The zero-order valence-corrected chi connectivity index (χ0v) is 14.1. The maximum absolute atomic E-state index is 12.3. The van der Waals surface area contributed by atoms with Crippen LogP contribution in [0.25, 0.3) is 0 Å². The Morgan fingerprint density at radius 1 is 1.20 bits per heavy atom. The van der Waals surface area contributed by atoms with Crippen molar-refractivity contribution >= 4 is 47.7 Å². The molecule has 0 spiro atoms. The van der Waals surface area contributed by atoms with Gasteiger partial charge in [0.15, 0.2) is 5.82 Å². The minimum atomic E-state index is -3.81. The SMILES string of the molecule is Cc1cc(Br)c(S(=O)(=O)Nc2ccc(=O)[nH]n2)cc1Br. The molecule has 0 aliphatic rings. The number of aryl methyl sites for hydroxylation is 1. The molecule has 0 bridgehead atoms. The summed E-state index contributed by atoms with van der Waals surface area (Å²) in [5.74, 6) is 0.0354. The molecule has 2 aromatic rings. The van der Waals surface area contributed by atoms with E-state index in [1.807, 2.05) is 6.92 Å². The number of aromatic amines is 1. The lowest BCUT2D eigenvalue weighted by Crippen LogP contribution is -2.17. The summed E-state index contributed by atoms with van der Waals surface area (Å²) >= 11 is 6.52. The lowest BCUT2D eigenvalue weighted by atomic mass is 10.2. The van der Waals surface area contributed by atoms with Crippen LogP contribution in [0.3, 0.4) is 0 Å². The summed E-state index contributed by atoms with van der Waals surface area (Å²) in [5.41, 5.74) is 0.491. The number of benzene rings is 1. The highest BCUT2D eigenvalue weighted by atomic mass is 79.9. The average Bonchev–Trinajstić information content (AvgIpc) is 2.36. The number of anilines is 1. The molecule has 1 heterocycles. The van der Waals surface area contributed by atoms with E-state index in [1.165, 1.54) is 18.2 Å². The second kappa shape index (κ2) is 5.66. The monoisotopic (exact) mass is 421 g/mol. The molecule has 0 atom stereocenters. The van der Waals surface area contributed by atoms with Gasteiger partial charge in [0.1, 0.15) is 4.90 Å². The molecule has 106 valence electrons. The van der Waals surface area contributed by atoms with Crippen molar-refractivity contribution in [1.82, 2.24) is 10.2 Å². The van der Waals surface area contributed by atoms with E-state index in [4.69, 9.17) is 0 Å². The molecule has 0 aliphatic heterocycles. The fourth-order valence-electron chi connectivity index (χ4n) is 1.43. The fraction of sp³-hybridized carbons (Fsp3) is 0.0909. The number of aromatic nitrogens is 2.